The molecule has 1 rings (SSSR count). The van der Waals surface area contributed by atoms with Gasteiger partial charge in [-0.1, -0.05) is 32.4 Å². The van der Waals surface area contributed by atoms with E-state index in [-0.39, 0.29) is 17.6 Å². The van der Waals surface area contributed by atoms with E-state index in [1.165, 1.54) is 6.92 Å². The van der Waals surface area contributed by atoms with E-state index in [9.17, 15) is 14.4 Å². The molecule has 6 heteroatoms. The van der Waals surface area contributed by atoms with Gasteiger partial charge in [-0.2, -0.15) is 0 Å². The summed E-state index contributed by atoms with van der Waals surface area (Å²) in [5.74, 6) is -0.503. The number of carbonyl (C=O) groups excluding carboxylic acids is 3. The van der Waals surface area contributed by atoms with Crippen LogP contribution in [0.15, 0.2) is 24.3 Å². The van der Waals surface area contributed by atoms with Crippen LogP contribution in [0.3, 0.4) is 0 Å². The Morgan fingerprint density at radius 3 is 2.48 bits per heavy atom. The molecular formula is C15H21N3O3. The minimum Gasteiger partial charge on any atom is -0.352 e. The Hall–Kier alpha value is -2.37. The Balaban J connectivity index is 2.88. The molecular weight excluding hydrogens is 270 g/mol. The molecule has 0 heterocycles. The van der Waals surface area contributed by atoms with Gasteiger partial charge in [0.05, 0.1) is 0 Å². The number of ketones is 1. The van der Waals surface area contributed by atoms with E-state index < -0.39 is 12.1 Å². The fourth-order valence-electron chi connectivity index (χ4n) is 1.89. The lowest BCUT2D eigenvalue weighted by atomic mass is 9.98. The Morgan fingerprint density at radius 2 is 1.95 bits per heavy atom. The average Bonchev–Trinajstić information content (AvgIpc) is 2.43. The fourth-order valence-corrected chi connectivity index (χ4v) is 1.89. The molecule has 0 fully saturated rings. The van der Waals surface area contributed by atoms with E-state index in [2.05, 4.69) is 10.6 Å². The van der Waals surface area contributed by atoms with Gasteiger partial charge in [-0.15, -0.1) is 0 Å². The van der Waals surface area contributed by atoms with Gasteiger partial charge < -0.3 is 16.4 Å². The topological polar surface area (TPSA) is 101 Å². The summed E-state index contributed by atoms with van der Waals surface area (Å²) in [5, 5.41) is 5.14. The van der Waals surface area contributed by atoms with Crippen LogP contribution in [0.5, 0.6) is 0 Å². The number of carbonyl (C=O) groups is 3. The molecule has 114 valence electrons. The molecule has 2 atom stereocenters. The van der Waals surface area contributed by atoms with Crippen molar-refractivity contribution in [3.8, 4) is 0 Å². The molecule has 0 aliphatic carbocycles. The summed E-state index contributed by atoms with van der Waals surface area (Å²) in [7, 11) is 0. The number of urea groups is 1. The number of hydrogen-bond acceptors (Lipinski definition) is 3. The first kappa shape index (κ1) is 16.7. The number of benzene rings is 1. The Morgan fingerprint density at radius 1 is 1.29 bits per heavy atom. The average molecular weight is 291 g/mol. The maximum Gasteiger partial charge on any atom is 0.312 e. The van der Waals surface area contributed by atoms with Crippen LogP contribution in [0.4, 0.5) is 10.5 Å². The molecule has 21 heavy (non-hydrogen) atoms. The second-order valence-corrected chi connectivity index (χ2v) is 5.00. The normalized spacial score (nSPS) is 13.1. The smallest absolute Gasteiger partial charge is 0.312 e. The predicted molar refractivity (Wildman–Crippen MR) is 81.0 cm³/mol. The van der Waals surface area contributed by atoms with Crippen LogP contribution in [0.25, 0.3) is 0 Å². The molecule has 1 aromatic rings. The first-order valence-electron chi connectivity index (χ1n) is 6.83. The van der Waals surface area contributed by atoms with Crippen molar-refractivity contribution in [1.29, 1.82) is 0 Å². The molecule has 0 aromatic heterocycles. The van der Waals surface area contributed by atoms with E-state index in [0.717, 1.165) is 0 Å². The standard InChI is InChI=1S/C15H21N3O3/c1-4-9(2)13(18-15(16)21)14(20)17-12-7-5-6-11(8-12)10(3)19/h5-9,13H,4H2,1-3H3,(H,17,20)(H3,16,18,21). The minimum atomic E-state index is -0.743. The predicted octanol–water partition coefficient (Wildman–Crippen LogP) is 1.91. The maximum absolute atomic E-state index is 12.3. The number of Topliss-reactive ketones (excluding diaryl/α,β-unsaturated/α-hetero) is 1. The van der Waals surface area contributed by atoms with E-state index in [1.54, 1.807) is 24.3 Å². The lowest BCUT2D eigenvalue weighted by Crippen LogP contribution is -2.49. The number of anilines is 1. The van der Waals surface area contributed by atoms with E-state index in [0.29, 0.717) is 17.7 Å². The molecule has 0 bridgehead atoms. The van der Waals surface area contributed by atoms with Crippen LogP contribution >= 0.6 is 0 Å². The number of nitrogens with two attached hydrogens (primary N) is 1. The zero-order valence-corrected chi connectivity index (χ0v) is 12.5. The number of rotatable bonds is 6. The highest BCUT2D eigenvalue weighted by atomic mass is 16.2. The third-order valence-electron chi connectivity index (χ3n) is 3.33. The zero-order chi connectivity index (χ0) is 16.0. The van der Waals surface area contributed by atoms with Crippen LogP contribution in [0, 0.1) is 5.92 Å². The molecule has 0 saturated carbocycles. The van der Waals surface area contributed by atoms with Gasteiger partial charge in [-0.05, 0) is 25.0 Å². The van der Waals surface area contributed by atoms with Crippen molar-refractivity contribution in [2.24, 2.45) is 11.7 Å². The second-order valence-electron chi connectivity index (χ2n) is 5.00. The monoisotopic (exact) mass is 291 g/mol. The summed E-state index contributed by atoms with van der Waals surface area (Å²) in [6.07, 6.45) is 0.714. The first-order valence-corrected chi connectivity index (χ1v) is 6.83. The molecule has 0 spiro atoms. The van der Waals surface area contributed by atoms with E-state index >= 15 is 0 Å². The third kappa shape index (κ3) is 4.91. The van der Waals surface area contributed by atoms with Crippen molar-refractivity contribution >= 4 is 23.4 Å². The Bertz CT molecular complexity index is 543. The molecule has 0 aliphatic heterocycles. The zero-order valence-electron chi connectivity index (χ0n) is 12.5. The Kier molecular flexibility index (Phi) is 5.90. The lowest BCUT2D eigenvalue weighted by Gasteiger charge is -2.22. The van der Waals surface area contributed by atoms with Gasteiger partial charge in [-0.3, -0.25) is 9.59 Å². The molecule has 0 aliphatic rings. The maximum atomic E-state index is 12.3. The molecule has 0 radical (unpaired) electrons. The van der Waals surface area contributed by atoms with Crippen LogP contribution in [0.2, 0.25) is 0 Å². The van der Waals surface area contributed by atoms with Gasteiger partial charge in [-0.25, -0.2) is 4.79 Å². The van der Waals surface area contributed by atoms with Crippen LogP contribution in [-0.4, -0.2) is 23.8 Å². The minimum absolute atomic E-state index is 0.0616. The number of hydrogen-bond donors (Lipinski definition) is 3. The summed E-state index contributed by atoms with van der Waals surface area (Å²) >= 11 is 0. The molecule has 3 amide bonds. The van der Waals surface area contributed by atoms with Crippen molar-refractivity contribution < 1.29 is 14.4 Å². The van der Waals surface area contributed by atoms with Crippen molar-refractivity contribution in [2.75, 3.05) is 5.32 Å². The van der Waals surface area contributed by atoms with Gasteiger partial charge in [0.15, 0.2) is 5.78 Å². The highest BCUT2D eigenvalue weighted by molar-refractivity contribution is 5.99. The number of nitrogens with one attached hydrogen (secondary N) is 2. The molecule has 1 aromatic carbocycles. The van der Waals surface area contributed by atoms with Crippen LogP contribution < -0.4 is 16.4 Å². The SMILES string of the molecule is CCC(C)C(NC(N)=O)C(=O)Nc1cccc(C(C)=O)c1. The summed E-state index contributed by atoms with van der Waals surface area (Å²) in [4.78, 5) is 34.6. The third-order valence-corrected chi connectivity index (χ3v) is 3.33. The van der Waals surface area contributed by atoms with Gasteiger partial charge in [0, 0.05) is 11.3 Å². The molecule has 2 unspecified atom stereocenters. The number of primary amides is 1. The molecule has 4 N–H and O–H groups in total. The highest BCUT2D eigenvalue weighted by Gasteiger charge is 2.25. The first-order chi connectivity index (χ1) is 9.85. The lowest BCUT2D eigenvalue weighted by molar-refractivity contribution is -0.119. The summed E-state index contributed by atoms with van der Waals surface area (Å²) in [6.45, 7) is 5.23. The van der Waals surface area contributed by atoms with Gasteiger partial charge >= 0.3 is 6.03 Å². The van der Waals surface area contributed by atoms with E-state index in [4.69, 9.17) is 5.73 Å². The van der Waals surface area contributed by atoms with Crippen molar-refractivity contribution in [1.82, 2.24) is 5.32 Å². The largest absolute Gasteiger partial charge is 0.352 e. The Labute approximate surface area is 124 Å². The van der Waals surface area contributed by atoms with E-state index in [1.807, 2.05) is 13.8 Å². The van der Waals surface area contributed by atoms with Gasteiger partial charge in [0.2, 0.25) is 5.91 Å². The van der Waals surface area contributed by atoms with Crippen molar-refractivity contribution in [3.63, 3.8) is 0 Å². The second kappa shape index (κ2) is 7.42. The van der Waals surface area contributed by atoms with Crippen LogP contribution in [-0.2, 0) is 4.79 Å². The molecule has 6 nitrogen and oxygen atoms in total. The van der Waals surface area contributed by atoms with Crippen LogP contribution in [0.1, 0.15) is 37.6 Å². The summed E-state index contributed by atoms with van der Waals surface area (Å²) in [6, 6.07) is 5.18. The van der Waals surface area contributed by atoms with Crippen molar-refractivity contribution in [2.45, 2.75) is 33.2 Å². The highest BCUT2D eigenvalue weighted by Crippen LogP contribution is 2.14. The quantitative estimate of drug-likeness (QED) is 0.698. The van der Waals surface area contributed by atoms with Crippen molar-refractivity contribution in [3.05, 3.63) is 29.8 Å². The van der Waals surface area contributed by atoms with Gasteiger partial charge in [0.1, 0.15) is 6.04 Å². The summed E-state index contributed by atoms with van der Waals surface area (Å²) in [5.41, 5.74) is 6.12. The summed E-state index contributed by atoms with van der Waals surface area (Å²) < 4.78 is 0. The fraction of sp³-hybridized carbons (Fsp3) is 0.400. The van der Waals surface area contributed by atoms with Gasteiger partial charge in [0.25, 0.3) is 0 Å². The number of amides is 3. The molecule has 0 saturated heterocycles.